The molecule has 0 unspecified atom stereocenters. The number of benzene rings is 2. The third-order valence-electron chi connectivity index (χ3n) is 4.63. The van der Waals surface area contributed by atoms with E-state index in [1.165, 1.54) is 0 Å². The summed E-state index contributed by atoms with van der Waals surface area (Å²) in [5.74, 6) is -0.00976. The maximum atomic E-state index is 12.5. The zero-order valence-corrected chi connectivity index (χ0v) is 12.3. The Morgan fingerprint density at radius 2 is 1.77 bits per heavy atom. The fourth-order valence-corrected chi connectivity index (χ4v) is 3.32. The molecular formula is C18H16N2O2. The Morgan fingerprint density at radius 1 is 1.09 bits per heavy atom. The van der Waals surface area contributed by atoms with Crippen LogP contribution in [0.2, 0.25) is 0 Å². The number of aryl methyl sites for hydroxylation is 1. The van der Waals surface area contributed by atoms with E-state index in [9.17, 15) is 9.59 Å². The van der Waals surface area contributed by atoms with Gasteiger partial charge in [-0.05, 0) is 30.7 Å². The highest BCUT2D eigenvalue weighted by atomic mass is 16.2. The van der Waals surface area contributed by atoms with E-state index >= 15 is 0 Å². The molecule has 4 heteroatoms. The number of anilines is 1. The molecule has 110 valence electrons. The Kier molecular flexibility index (Phi) is 2.64. The SMILES string of the molecule is Cc1ccc(C(=O)N2CC3(C2)C(=O)Nc2ccccc23)cc1. The van der Waals surface area contributed by atoms with Crippen LogP contribution in [0.1, 0.15) is 21.5 Å². The van der Waals surface area contributed by atoms with Gasteiger partial charge in [-0.2, -0.15) is 0 Å². The van der Waals surface area contributed by atoms with Crippen LogP contribution < -0.4 is 5.32 Å². The topological polar surface area (TPSA) is 49.4 Å². The van der Waals surface area contributed by atoms with Crippen LogP contribution in [0.25, 0.3) is 0 Å². The van der Waals surface area contributed by atoms with Gasteiger partial charge in [0.1, 0.15) is 5.41 Å². The molecule has 2 aliphatic rings. The van der Waals surface area contributed by atoms with E-state index in [1.807, 2.05) is 55.5 Å². The Bertz CT molecular complexity index is 774. The van der Waals surface area contributed by atoms with Crippen molar-refractivity contribution in [2.24, 2.45) is 0 Å². The van der Waals surface area contributed by atoms with Gasteiger partial charge in [0.25, 0.3) is 5.91 Å². The molecule has 0 atom stereocenters. The van der Waals surface area contributed by atoms with Crippen molar-refractivity contribution in [1.82, 2.24) is 4.90 Å². The number of nitrogens with one attached hydrogen (secondary N) is 1. The molecule has 1 N–H and O–H groups in total. The van der Waals surface area contributed by atoms with Crippen LogP contribution in [0.5, 0.6) is 0 Å². The number of carbonyl (C=O) groups excluding carboxylic acids is 2. The van der Waals surface area contributed by atoms with Gasteiger partial charge in [-0.15, -0.1) is 0 Å². The molecule has 1 fully saturated rings. The lowest BCUT2D eigenvalue weighted by atomic mass is 9.74. The first-order valence-corrected chi connectivity index (χ1v) is 7.37. The van der Waals surface area contributed by atoms with Crippen molar-refractivity contribution in [1.29, 1.82) is 0 Å². The van der Waals surface area contributed by atoms with Crippen LogP contribution in [-0.4, -0.2) is 29.8 Å². The summed E-state index contributed by atoms with van der Waals surface area (Å²) in [4.78, 5) is 26.6. The number of nitrogens with zero attached hydrogens (tertiary/aromatic N) is 1. The van der Waals surface area contributed by atoms with Gasteiger partial charge in [0.05, 0.1) is 0 Å². The van der Waals surface area contributed by atoms with Crippen molar-refractivity contribution in [2.75, 3.05) is 18.4 Å². The summed E-state index contributed by atoms with van der Waals surface area (Å²) in [5, 5.41) is 2.92. The molecule has 2 amide bonds. The van der Waals surface area contributed by atoms with Crippen LogP contribution in [0.15, 0.2) is 48.5 Å². The maximum Gasteiger partial charge on any atom is 0.253 e. The summed E-state index contributed by atoms with van der Waals surface area (Å²) < 4.78 is 0. The number of rotatable bonds is 1. The first-order valence-electron chi connectivity index (χ1n) is 7.37. The minimum Gasteiger partial charge on any atom is -0.336 e. The van der Waals surface area contributed by atoms with E-state index < -0.39 is 5.41 Å². The van der Waals surface area contributed by atoms with Crippen LogP contribution in [0.3, 0.4) is 0 Å². The smallest absolute Gasteiger partial charge is 0.253 e. The van der Waals surface area contributed by atoms with Crippen LogP contribution in [0.4, 0.5) is 5.69 Å². The van der Waals surface area contributed by atoms with Crippen molar-refractivity contribution in [2.45, 2.75) is 12.3 Å². The molecule has 2 aliphatic heterocycles. The summed E-state index contributed by atoms with van der Waals surface area (Å²) in [7, 11) is 0. The van der Waals surface area contributed by atoms with Crippen molar-refractivity contribution < 1.29 is 9.59 Å². The van der Waals surface area contributed by atoms with Crippen LogP contribution in [0, 0.1) is 6.92 Å². The van der Waals surface area contributed by atoms with Gasteiger partial charge in [-0.3, -0.25) is 9.59 Å². The molecule has 4 nitrogen and oxygen atoms in total. The number of hydrogen-bond donors (Lipinski definition) is 1. The van der Waals surface area contributed by atoms with Crippen molar-refractivity contribution >= 4 is 17.5 Å². The minimum absolute atomic E-state index is 0.00153. The quantitative estimate of drug-likeness (QED) is 0.877. The molecule has 22 heavy (non-hydrogen) atoms. The predicted octanol–water partition coefficient (Wildman–Crippen LogP) is 2.34. The fourth-order valence-electron chi connectivity index (χ4n) is 3.32. The maximum absolute atomic E-state index is 12.5. The molecule has 1 saturated heterocycles. The molecule has 0 bridgehead atoms. The van der Waals surface area contributed by atoms with Gasteiger partial charge in [0.15, 0.2) is 0 Å². The molecule has 0 saturated carbocycles. The normalized spacial score (nSPS) is 17.9. The second kappa shape index (κ2) is 4.44. The molecule has 0 aromatic heterocycles. The van der Waals surface area contributed by atoms with Gasteiger partial charge in [0, 0.05) is 24.3 Å². The minimum atomic E-state index is -0.559. The van der Waals surface area contributed by atoms with E-state index in [0.29, 0.717) is 18.7 Å². The molecule has 0 aliphatic carbocycles. The highest BCUT2D eigenvalue weighted by molar-refractivity contribution is 6.09. The van der Waals surface area contributed by atoms with Crippen molar-refractivity contribution in [3.63, 3.8) is 0 Å². The molecule has 2 aromatic rings. The molecule has 2 aromatic carbocycles. The second-order valence-electron chi connectivity index (χ2n) is 6.11. The average Bonchev–Trinajstić information content (AvgIpc) is 2.78. The summed E-state index contributed by atoms with van der Waals surface area (Å²) in [5.41, 5.74) is 3.12. The van der Waals surface area contributed by atoms with Crippen molar-refractivity contribution in [3.05, 3.63) is 65.2 Å². The zero-order chi connectivity index (χ0) is 15.3. The molecule has 0 radical (unpaired) electrons. The summed E-state index contributed by atoms with van der Waals surface area (Å²) in [6.45, 7) is 2.89. The lowest BCUT2D eigenvalue weighted by Crippen LogP contribution is -2.64. The predicted molar refractivity (Wildman–Crippen MR) is 83.8 cm³/mol. The highest BCUT2D eigenvalue weighted by Gasteiger charge is 2.56. The Hall–Kier alpha value is -2.62. The zero-order valence-electron chi connectivity index (χ0n) is 12.3. The fraction of sp³-hybridized carbons (Fsp3) is 0.222. The Labute approximate surface area is 128 Å². The largest absolute Gasteiger partial charge is 0.336 e. The van der Waals surface area contributed by atoms with Crippen LogP contribution in [-0.2, 0) is 10.2 Å². The average molecular weight is 292 g/mol. The molecule has 4 rings (SSSR count). The standard InChI is InChI=1S/C18H16N2O2/c1-12-6-8-13(9-7-12)16(21)20-10-18(11-20)14-4-2-3-5-15(14)19-17(18)22/h2-9H,10-11H2,1H3,(H,19,22). The summed E-state index contributed by atoms with van der Waals surface area (Å²) >= 11 is 0. The van der Waals surface area contributed by atoms with Gasteiger partial charge in [0.2, 0.25) is 5.91 Å². The number of para-hydroxylation sites is 1. The van der Waals surface area contributed by atoms with Gasteiger partial charge in [-0.1, -0.05) is 35.9 Å². The first kappa shape index (κ1) is 13.1. The van der Waals surface area contributed by atoms with Crippen LogP contribution >= 0.6 is 0 Å². The molecular weight excluding hydrogens is 276 g/mol. The lowest BCUT2D eigenvalue weighted by molar-refractivity contribution is -0.125. The first-order chi connectivity index (χ1) is 10.6. The third-order valence-corrected chi connectivity index (χ3v) is 4.63. The molecule has 2 heterocycles. The third kappa shape index (κ3) is 1.70. The van der Waals surface area contributed by atoms with E-state index in [2.05, 4.69) is 5.32 Å². The summed E-state index contributed by atoms with van der Waals surface area (Å²) in [6.07, 6.45) is 0. The van der Waals surface area contributed by atoms with Gasteiger partial charge < -0.3 is 10.2 Å². The monoisotopic (exact) mass is 292 g/mol. The van der Waals surface area contributed by atoms with Crippen molar-refractivity contribution in [3.8, 4) is 0 Å². The van der Waals surface area contributed by atoms with Gasteiger partial charge >= 0.3 is 0 Å². The second-order valence-corrected chi connectivity index (χ2v) is 6.11. The van der Waals surface area contributed by atoms with E-state index in [-0.39, 0.29) is 11.8 Å². The molecule has 1 spiro atoms. The lowest BCUT2D eigenvalue weighted by Gasteiger charge is -2.46. The van der Waals surface area contributed by atoms with E-state index in [0.717, 1.165) is 16.8 Å². The number of fused-ring (bicyclic) bond motifs is 2. The number of hydrogen-bond acceptors (Lipinski definition) is 2. The number of amides is 2. The number of likely N-dealkylation sites (tertiary alicyclic amines) is 1. The number of carbonyl (C=O) groups is 2. The Morgan fingerprint density at radius 3 is 2.50 bits per heavy atom. The van der Waals surface area contributed by atoms with E-state index in [4.69, 9.17) is 0 Å². The Balaban J connectivity index is 1.58. The highest BCUT2D eigenvalue weighted by Crippen LogP contribution is 2.44. The van der Waals surface area contributed by atoms with E-state index in [1.54, 1.807) is 4.90 Å². The summed E-state index contributed by atoms with van der Waals surface area (Å²) in [6, 6.07) is 15.3. The van der Waals surface area contributed by atoms with Gasteiger partial charge in [-0.25, -0.2) is 0 Å².